The summed E-state index contributed by atoms with van der Waals surface area (Å²) >= 11 is 1.69. The number of hydrogen-bond acceptors (Lipinski definition) is 5. The number of nitrogens with one attached hydrogen (secondary N) is 1. The van der Waals surface area contributed by atoms with E-state index >= 15 is 0 Å². The second-order valence-corrected chi connectivity index (χ2v) is 4.83. The molecule has 0 saturated heterocycles. The molecule has 0 fully saturated rings. The first-order valence-corrected chi connectivity index (χ1v) is 6.49. The molecule has 1 unspecified atom stereocenters. The molecule has 2 aromatic rings. The van der Waals surface area contributed by atoms with Crippen LogP contribution in [0, 0.1) is 0 Å². The normalized spacial score (nSPS) is 12.8. The minimum absolute atomic E-state index is 0.241. The van der Waals surface area contributed by atoms with Gasteiger partial charge in [-0.25, -0.2) is 0 Å². The molecule has 0 radical (unpaired) electrons. The van der Waals surface area contributed by atoms with Crippen LogP contribution in [0.15, 0.2) is 34.3 Å². The van der Waals surface area contributed by atoms with Crippen LogP contribution in [0.3, 0.4) is 0 Å². The minimum Gasteiger partial charge on any atom is -0.468 e. The molecule has 17 heavy (non-hydrogen) atoms. The van der Waals surface area contributed by atoms with E-state index in [0.717, 1.165) is 23.2 Å². The van der Waals surface area contributed by atoms with Gasteiger partial charge in [-0.15, -0.1) is 10.2 Å². The van der Waals surface area contributed by atoms with Crippen LogP contribution in [0.1, 0.15) is 18.7 Å². The summed E-state index contributed by atoms with van der Waals surface area (Å²) in [6, 6.07) is 4.13. The Morgan fingerprint density at radius 1 is 1.59 bits per heavy atom. The van der Waals surface area contributed by atoms with E-state index in [0.29, 0.717) is 0 Å². The summed E-state index contributed by atoms with van der Waals surface area (Å²) in [7, 11) is 1.95. The Bertz CT molecular complexity index is 440. The van der Waals surface area contributed by atoms with Gasteiger partial charge in [-0.3, -0.25) is 0 Å². The summed E-state index contributed by atoms with van der Waals surface area (Å²) < 4.78 is 7.24. The van der Waals surface area contributed by atoms with Gasteiger partial charge in [0.2, 0.25) is 0 Å². The van der Waals surface area contributed by atoms with Crippen molar-refractivity contribution in [2.75, 3.05) is 12.3 Å². The van der Waals surface area contributed by atoms with Crippen molar-refractivity contribution in [2.45, 2.75) is 18.1 Å². The number of aromatic nitrogens is 3. The molecule has 0 aliphatic rings. The molecule has 0 aliphatic heterocycles. The van der Waals surface area contributed by atoms with E-state index in [1.54, 1.807) is 24.4 Å². The van der Waals surface area contributed by atoms with Crippen LogP contribution < -0.4 is 5.32 Å². The zero-order chi connectivity index (χ0) is 12.1. The van der Waals surface area contributed by atoms with E-state index in [2.05, 4.69) is 22.4 Å². The zero-order valence-corrected chi connectivity index (χ0v) is 10.8. The molecule has 1 N–H and O–H groups in total. The average molecular weight is 252 g/mol. The van der Waals surface area contributed by atoms with Gasteiger partial charge in [-0.05, 0) is 19.1 Å². The third kappa shape index (κ3) is 3.34. The Kier molecular flexibility index (Phi) is 4.22. The van der Waals surface area contributed by atoms with E-state index in [-0.39, 0.29) is 6.04 Å². The van der Waals surface area contributed by atoms with Crippen molar-refractivity contribution in [3.63, 3.8) is 0 Å². The van der Waals surface area contributed by atoms with E-state index in [4.69, 9.17) is 4.42 Å². The van der Waals surface area contributed by atoms with Crippen molar-refractivity contribution in [1.82, 2.24) is 20.1 Å². The third-order valence-corrected chi connectivity index (χ3v) is 3.46. The molecule has 6 heteroatoms. The Morgan fingerprint density at radius 2 is 2.47 bits per heavy atom. The van der Waals surface area contributed by atoms with E-state index < -0.39 is 0 Å². The highest BCUT2D eigenvalue weighted by Crippen LogP contribution is 2.14. The maximum atomic E-state index is 5.32. The van der Waals surface area contributed by atoms with Gasteiger partial charge in [-0.1, -0.05) is 11.8 Å². The largest absolute Gasteiger partial charge is 0.468 e. The fourth-order valence-corrected chi connectivity index (χ4v) is 2.22. The molecule has 2 aromatic heterocycles. The van der Waals surface area contributed by atoms with E-state index in [1.807, 2.05) is 23.7 Å². The Morgan fingerprint density at radius 3 is 3.12 bits per heavy atom. The quantitative estimate of drug-likeness (QED) is 0.628. The van der Waals surface area contributed by atoms with Crippen molar-refractivity contribution >= 4 is 11.8 Å². The molecule has 92 valence electrons. The number of aryl methyl sites for hydroxylation is 1. The van der Waals surface area contributed by atoms with Crippen LogP contribution >= 0.6 is 11.8 Å². The maximum absolute atomic E-state index is 5.32. The third-order valence-electron chi connectivity index (χ3n) is 2.42. The van der Waals surface area contributed by atoms with Crippen LogP contribution in [0.2, 0.25) is 0 Å². The van der Waals surface area contributed by atoms with Gasteiger partial charge >= 0.3 is 0 Å². The second-order valence-electron chi connectivity index (χ2n) is 3.76. The van der Waals surface area contributed by atoms with Gasteiger partial charge in [0, 0.05) is 19.3 Å². The number of thioether (sulfide) groups is 1. The molecule has 0 bridgehead atoms. The molecule has 2 rings (SSSR count). The first-order chi connectivity index (χ1) is 8.27. The smallest absolute Gasteiger partial charge is 0.190 e. The molecule has 2 heterocycles. The monoisotopic (exact) mass is 252 g/mol. The predicted octanol–water partition coefficient (Wildman–Crippen LogP) is 1.85. The summed E-state index contributed by atoms with van der Waals surface area (Å²) in [6.45, 7) is 2.99. The highest BCUT2D eigenvalue weighted by atomic mass is 32.2. The SMILES string of the molecule is CC(NCCSc1nncn1C)c1ccco1. The Labute approximate surface area is 105 Å². The molecule has 0 spiro atoms. The lowest BCUT2D eigenvalue weighted by Crippen LogP contribution is -2.21. The first-order valence-electron chi connectivity index (χ1n) is 5.51. The molecule has 0 amide bonds. The fourth-order valence-electron chi connectivity index (χ4n) is 1.46. The molecule has 0 aromatic carbocycles. The molecule has 0 aliphatic carbocycles. The van der Waals surface area contributed by atoms with Gasteiger partial charge in [-0.2, -0.15) is 0 Å². The number of hydrogen-bond donors (Lipinski definition) is 1. The number of rotatable bonds is 6. The van der Waals surface area contributed by atoms with Crippen LogP contribution in [0.4, 0.5) is 0 Å². The van der Waals surface area contributed by atoms with Crippen molar-refractivity contribution < 1.29 is 4.42 Å². The van der Waals surface area contributed by atoms with Crippen molar-refractivity contribution in [3.05, 3.63) is 30.5 Å². The highest BCUT2D eigenvalue weighted by Gasteiger charge is 2.07. The van der Waals surface area contributed by atoms with E-state index in [9.17, 15) is 0 Å². The summed E-state index contributed by atoms with van der Waals surface area (Å²) in [6.07, 6.45) is 3.41. The molecule has 1 atom stereocenters. The summed E-state index contributed by atoms with van der Waals surface area (Å²) in [5.41, 5.74) is 0. The topological polar surface area (TPSA) is 55.9 Å². The first kappa shape index (κ1) is 12.2. The fraction of sp³-hybridized carbons (Fsp3) is 0.455. The van der Waals surface area contributed by atoms with E-state index in [1.165, 1.54) is 0 Å². The van der Waals surface area contributed by atoms with Crippen LogP contribution in [0.5, 0.6) is 0 Å². The standard InChI is InChI=1S/C11H16N4OS/c1-9(10-4-3-6-16-10)12-5-7-17-11-14-13-8-15(11)2/h3-4,6,8-9,12H,5,7H2,1-2H3. The lowest BCUT2D eigenvalue weighted by molar-refractivity contribution is 0.438. The summed E-state index contributed by atoms with van der Waals surface area (Å²) in [5.74, 6) is 1.92. The van der Waals surface area contributed by atoms with Crippen molar-refractivity contribution in [3.8, 4) is 0 Å². The maximum Gasteiger partial charge on any atom is 0.190 e. The van der Waals surface area contributed by atoms with Crippen LogP contribution in [0.25, 0.3) is 0 Å². The van der Waals surface area contributed by atoms with Gasteiger partial charge < -0.3 is 14.3 Å². The molecule has 0 saturated carbocycles. The second kappa shape index (κ2) is 5.88. The predicted molar refractivity (Wildman–Crippen MR) is 66.9 cm³/mol. The molecular formula is C11H16N4OS. The number of nitrogens with zero attached hydrogens (tertiary/aromatic N) is 3. The Hall–Kier alpha value is -1.27. The van der Waals surface area contributed by atoms with Crippen molar-refractivity contribution in [1.29, 1.82) is 0 Å². The van der Waals surface area contributed by atoms with Gasteiger partial charge in [0.1, 0.15) is 12.1 Å². The van der Waals surface area contributed by atoms with Gasteiger partial charge in [0.15, 0.2) is 5.16 Å². The van der Waals surface area contributed by atoms with Gasteiger partial charge in [0.05, 0.1) is 12.3 Å². The molecular weight excluding hydrogens is 236 g/mol. The van der Waals surface area contributed by atoms with Crippen LogP contribution in [-0.4, -0.2) is 27.1 Å². The average Bonchev–Trinajstić information content (AvgIpc) is 2.96. The van der Waals surface area contributed by atoms with Gasteiger partial charge in [0.25, 0.3) is 0 Å². The summed E-state index contributed by atoms with van der Waals surface area (Å²) in [5, 5.41) is 12.2. The van der Waals surface area contributed by atoms with Crippen LogP contribution in [-0.2, 0) is 7.05 Å². The summed E-state index contributed by atoms with van der Waals surface area (Å²) in [4.78, 5) is 0. The highest BCUT2D eigenvalue weighted by molar-refractivity contribution is 7.99. The number of furan rings is 1. The minimum atomic E-state index is 0.241. The lowest BCUT2D eigenvalue weighted by Gasteiger charge is -2.10. The Balaban J connectivity index is 1.68. The van der Waals surface area contributed by atoms with Crippen molar-refractivity contribution in [2.24, 2.45) is 7.05 Å². The lowest BCUT2D eigenvalue weighted by atomic mass is 10.2. The molecule has 5 nitrogen and oxygen atoms in total. The zero-order valence-electron chi connectivity index (χ0n) is 9.96.